The molecule has 0 saturated heterocycles. The highest BCUT2D eigenvalue weighted by Crippen LogP contribution is 2.41. The predicted molar refractivity (Wildman–Crippen MR) is 125 cm³/mol. The number of nitrogens with zero attached hydrogens (tertiary/aromatic N) is 1. The number of carbonyl (C=O) groups excluding carboxylic acids is 2. The van der Waals surface area contributed by atoms with Gasteiger partial charge in [0.05, 0.1) is 23.8 Å². The molecule has 0 radical (unpaired) electrons. The fourth-order valence-corrected chi connectivity index (χ4v) is 4.93. The Kier molecular flexibility index (Phi) is 6.29. The largest absolute Gasteiger partial charge is 0.468 e. The first-order valence-electron chi connectivity index (χ1n) is 10.2. The van der Waals surface area contributed by atoms with Crippen LogP contribution < -0.4 is 5.32 Å². The number of hydrogen-bond acceptors (Lipinski definition) is 5. The molecule has 6 heteroatoms. The number of benzene rings is 3. The van der Waals surface area contributed by atoms with Gasteiger partial charge in [0.15, 0.2) is 0 Å². The van der Waals surface area contributed by atoms with Gasteiger partial charge in [0, 0.05) is 11.7 Å². The molecule has 1 aliphatic heterocycles. The van der Waals surface area contributed by atoms with Crippen LogP contribution in [0.1, 0.15) is 22.6 Å². The van der Waals surface area contributed by atoms with Crippen molar-refractivity contribution < 1.29 is 14.3 Å². The minimum absolute atomic E-state index is 0.370. The molecule has 2 atom stereocenters. The molecule has 1 amide bonds. The zero-order chi connectivity index (χ0) is 22.7. The highest BCUT2D eigenvalue weighted by atomic mass is 32.2. The minimum atomic E-state index is -1.11. The van der Waals surface area contributed by atoms with Crippen LogP contribution in [0.4, 0.5) is 0 Å². The average Bonchev–Trinajstić information content (AvgIpc) is 2.82. The summed E-state index contributed by atoms with van der Waals surface area (Å²) in [4.78, 5) is 25.4. The van der Waals surface area contributed by atoms with Crippen LogP contribution in [-0.2, 0) is 20.1 Å². The minimum Gasteiger partial charge on any atom is -0.468 e. The van der Waals surface area contributed by atoms with Crippen molar-refractivity contribution in [3.05, 3.63) is 94.0 Å². The van der Waals surface area contributed by atoms with E-state index in [1.165, 1.54) is 18.9 Å². The maximum Gasteiger partial charge on any atom is 0.319 e. The average molecular weight is 443 g/mol. The summed E-state index contributed by atoms with van der Waals surface area (Å²) in [6.07, 6.45) is 0. The van der Waals surface area contributed by atoms with Gasteiger partial charge in [-0.05, 0) is 28.8 Å². The van der Waals surface area contributed by atoms with E-state index in [1.807, 2.05) is 49.4 Å². The third-order valence-electron chi connectivity index (χ3n) is 5.62. The molecule has 0 spiro atoms. The molecule has 0 saturated carbocycles. The van der Waals surface area contributed by atoms with E-state index in [2.05, 4.69) is 35.7 Å². The number of esters is 1. The van der Waals surface area contributed by atoms with E-state index in [4.69, 9.17) is 4.74 Å². The highest BCUT2D eigenvalue weighted by Gasteiger charge is 2.44. The SMILES string of the molecule is COC(=O)[C@@H]1C(=O)NC(SCc2ccc3ccccc3c2)=C(C#N)[C@H]1c1ccc(C)cc1. The number of rotatable bonds is 5. The number of amides is 1. The quantitative estimate of drug-likeness (QED) is 0.453. The number of allylic oxidation sites excluding steroid dienone is 1. The number of fused-ring (bicyclic) bond motifs is 1. The number of ether oxygens (including phenoxy) is 1. The number of nitrogens with one attached hydrogen (secondary N) is 1. The van der Waals surface area contributed by atoms with Crippen molar-refractivity contribution >= 4 is 34.4 Å². The van der Waals surface area contributed by atoms with Gasteiger partial charge in [0.1, 0.15) is 5.92 Å². The lowest BCUT2D eigenvalue weighted by Crippen LogP contribution is -2.44. The van der Waals surface area contributed by atoms with Crippen LogP contribution in [0.15, 0.2) is 77.3 Å². The molecule has 3 aromatic rings. The summed E-state index contributed by atoms with van der Waals surface area (Å²) in [5.41, 5.74) is 3.24. The fraction of sp³-hybridized carbons (Fsp3) is 0.192. The fourth-order valence-electron chi connectivity index (χ4n) is 3.94. The second-order valence-electron chi connectivity index (χ2n) is 7.70. The van der Waals surface area contributed by atoms with Gasteiger partial charge in [0.25, 0.3) is 0 Å². The molecule has 0 fully saturated rings. The summed E-state index contributed by atoms with van der Waals surface area (Å²) in [6, 6.07) is 24.1. The summed E-state index contributed by atoms with van der Waals surface area (Å²) in [5.74, 6) is -2.33. The van der Waals surface area contributed by atoms with Crippen molar-refractivity contribution in [3.63, 3.8) is 0 Å². The highest BCUT2D eigenvalue weighted by molar-refractivity contribution is 8.02. The molecule has 0 bridgehead atoms. The molecule has 0 unspecified atom stereocenters. The van der Waals surface area contributed by atoms with Gasteiger partial charge in [-0.1, -0.05) is 72.3 Å². The van der Waals surface area contributed by atoms with Crippen LogP contribution in [-0.4, -0.2) is 19.0 Å². The maximum absolute atomic E-state index is 12.9. The summed E-state index contributed by atoms with van der Waals surface area (Å²) in [6.45, 7) is 1.96. The summed E-state index contributed by atoms with van der Waals surface area (Å²) in [7, 11) is 1.25. The second-order valence-corrected chi connectivity index (χ2v) is 8.69. The van der Waals surface area contributed by atoms with Crippen molar-refractivity contribution in [2.24, 2.45) is 5.92 Å². The van der Waals surface area contributed by atoms with Crippen LogP contribution in [0.3, 0.4) is 0 Å². The summed E-state index contributed by atoms with van der Waals surface area (Å²) >= 11 is 1.39. The van der Waals surface area contributed by atoms with Gasteiger partial charge < -0.3 is 10.1 Å². The maximum atomic E-state index is 12.9. The molecule has 4 rings (SSSR count). The lowest BCUT2D eigenvalue weighted by Gasteiger charge is -2.31. The third-order valence-corrected chi connectivity index (χ3v) is 6.71. The molecule has 32 heavy (non-hydrogen) atoms. The van der Waals surface area contributed by atoms with Crippen LogP contribution >= 0.6 is 11.8 Å². The number of methoxy groups -OCH3 is 1. The van der Waals surface area contributed by atoms with Crippen molar-refractivity contribution in [3.8, 4) is 6.07 Å². The van der Waals surface area contributed by atoms with Crippen LogP contribution in [0.2, 0.25) is 0 Å². The molecule has 1 N–H and O–H groups in total. The van der Waals surface area contributed by atoms with E-state index in [0.29, 0.717) is 16.4 Å². The molecule has 1 aliphatic rings. The topological polar surface area (TPSA) is 79.2 Å². The monoisotopic (exact) mass is 442 g/mol. The van der Waals surface area contributed by atoms with Crippen molar-refractivity contribution in [2.75, 3.05) is 7.11 Å². The molecular formula is C26H22N2O3S. The molecule has 0 aromatic heterocycles. The molecular weight excluding hydrogens is 420 g/mol. The zero-order valence-electron chi connectivity index (χ0n) is 17.8. The first kappa shape index (κ1) is 21.7. The normalized spacial score (nSPS) is 18.2. The van der Waals surface area contributed by atoms with Crippen molar-refractivity contribution in [1.82, 2.24) is 5.32 Å². The third kappa shape index (κ3) is 4.25. The van der Waals surface area contributed by atoms with E-state index in [1.54, 1.807) is 0 Å². The number of hydrogen-bond donors (Lipinski definition) is 1. The van der Waals surface area contributed by atoms with Crippen molar-refractivity contribution in [2.45, 2.75) is 18.6 Å². The first-order chi connectivity index (χ1) is 15.5. The van der Waals surface area contributed by atoms with Gasteiger partial charge in [-0.3, -0.25) is 9.59 Å². The Morgan fingerprint density at radius 2 is 1.81 bits per heavy atom. The van der Waals surface area contributed by atoms with Gasteiger partial charge in [-0.25, -0.2) is 0 Å². The van der Waals surface area contributed by atoms with Crippen LogP contribution in [0.5, 0.6) is 0 Å². The Balaban J connectivity index is 1.70. The Hall–Kier alpha value is -3.56. The predicted octanol–water partition coefficient (Wildman–Crippen LogP) is 4.82. The lowest BCUT2D eigenvalue weighted by molar-refractivity contribution is -0.150. The zero-order valence-corrected chi connectivity index (χ0v) is 18.6. The summed E-state index contributed by atoms with van der Waals surface area (Å²) in [5, 5.41) is 15.6. The molecule has 5 nitrogen and oxygen atoms in total. The van der Waals surface area contributed by atoms with E-state index in [9.17, 15) is 14.9 Å². The standard InChI is InChI=1S/C26H22N2O3S/c1-16-7-10-19(11-8-16)22-21(14-27)25(28-24(29)23(22)26(30)31-2)32-15-17-9-12-18-5-3-4-6-20(18)13-17/h3-13,22-23H,15H2,1-2H3,(H,28,29)/t22-,23+/m1/s1. The van der Waals surface area contributed by atoms with E-state index in [0.717, 1.165) is 27.5 Å². The van der Waals surface area contributed by atoms with E-state index in [-0.39, 0.29) is 0 Å². The molecule has 0 aliphatic carbocycles. The Morgan fingerprint density at radius 1 is 1.09 bits per heavy atom. The van der Waals surface area contributed by atoms with Gasteiger partial charge in [-0.15, -0.1) is 11.8 Å². The number of aryl methyl sites for hydroxylation is 1. The Bertz CT molecular complexity index is 1260. The first-order valence-corrected chi connectivity index (χ1v) is 11.2. The van der Waals surface area contributed by atoms with E-state index < -0.39 is 23.7 Å². The number of nitriles is 1. The summed E-state index contributed by atoms with van der Waals surface area (Å²) < 4.78 is 4.90. The Morgan fingerprint density at radius 3 is 2.50 bits per heavy atom. The number of carbonyl (C=O) groups is 2. The lowest BCUT2D eigenvalue weighted by atomic mass is 9.78. The van der Waals surface area contributed by atoms with Gasteiger partial charge >= 0.3 is 5.97 Å². The molecule has 3 aromatic carbocycles. The van der Waals surface area contributed by atoms with Crippen LogP contribution in [0.25, 0.3) is 10.8 Å². The second kappa shape index (κ2) is 9.29. The Labute approximate surface area is 191 Å². The van der Waals surface area contributed by atoms with Gasteiger partial charge in [0.2, 0.25) is 5.91 Å². The smallest absolute Gasteiger partial charge is 0.319 e. The van der Waals surface area contributed by atoms with E-state index >= 15 is 0 Å². The van der Waals surface area contributed by atoms with Crippen molar-refractivity contribution in [1.29, 1.82) is 5.26 Å². The van der Waals surface area contributed by atoms with Gasteiger partial charge in [-0.2, -0.15) is 5.26 Å². The molecule has 160 valence electrons. The van der Waals surface area contributed by atoms with Crippen LogP contribution in [0, 0.1) is 24.2 Å². The molecule has 1 heterocycles. The number of thioether (sulfide) groups is 1.